The van der Waals surface area contributed by atoms with E-state index in [1.165, 1.54) is 21.3 Å². The van der Waals surface area contributed by atoms with Crippen molar-refractivity contribution in [2.24, 2.45) is 0 Å². The van der Waals surface area contributed by atoms with Gasteiger partial charge in [0, 0.05) is 0 Å². The maximum absolute atomic E-state index is 12.9. The molecule has 2 rings (SSSR count). The minimum atomic E-state index is -0.696. The number of methoxy groups -OCH3 is 3. The molecule has 1 fully saturated rings. The van der Waals surface area contributed by atoms with Crippen molar-refractivity contribution in [2.75, 3.05) is 34.4 Å². The smallest absolute Gasteiger partial charge is 0.329 e. The van der Waals surface area contributed by atoms with Gasteiger partial charge >= 0.3 is 11.9 Å². The molecule has 0 bridgehead atoms. The van der Waals surface area contributed by atoms with E-state index in [1.807, 2.05) is 11.8 Å². The van der Waals surface area contributed by atoms with Gasteiger partial charge < -0.3 is 18.9 Å². The lowest BCUT2D eigenvalue weighted by molar-refractivity contribution is -0.150. The predicted octanol–water partition coefficient (Wildman–Crippen LogP) is 2.34. The summed E-state index contributed by atoms with van der Waals surface area (Å²) in [6.45, 7) is 3.39. The molecule has 0 N–H and O–H groups in total. The molecule has 0 aromatic heterocycles. The molecular weight excluding hydrogens is 338 g/mol. The summed E-state index contributed by atoms with van der Waals surface area (Å²) in [5.41, 5.74) is 0.917. The van der Waals surface area contributed by atoms with Crippen LogP contribution in [0.1, 0.15) is 31.2 Å². The van der Waals surface area contributed by atoms with Crippen molar-refractivity contribution in [2.45, 2.75) is 38.6 Å². The summed E-state index contributed by atoms with van der Waals surface area (Å²) >= 11 is 0. The van der Waals surface area contributed by atoms with Crippen LogP contribution in [-0.4, -0.2) is 57.3 Å². The van der Waals surface area contributed by atoms with Crippen molar-refractivity contribution in [3.63, 3.8) is 0 Å². The van der Waals surface area contributed by atoms with E-state index in [-0.39, 0.29) is 12.2 Å². The molecular formula is C19H27NO6. The molecule has 1 saturated heterocycles. The van der Waals surface area contributed by atoms with Gasteiger partial charge in [-0.25, -0.2) is 4.79 Å². The van der Waals surface area contributed by atoms with E-state index in [0.29, 0.717) is 11.5 Å². The molecule has 0 aliphatic carbocycles. The summed E-state index contributed by atoms with van der Waals surface area (Å²) in [5.74, 6) is 0.0758. The SMILES string of the molecule is COC(=O)CC(C(=O)Oc1c(OC)cc(C)cc1OC)N1CCCCC1. The first-order valence-electron chi connectivity index (χ1n) is 8.75. The fourth-order valence-corrected chi connectivity index (χ4v) is 3.11. The van der Waals surface area contributed by atoms with Gasteiger partial charge in [0.05, 0.1) is 27.8 Å². The quantitative estimate of drug-likeness (QED) is 0.542. The molecule has 1 heterocycles. The van der Waals surface area contributed by atoms with Gasteiger partial charge in [-0.05, 0) is 50.6 Å². The van der Waals surface area contributed by atoms with Gasteiger partial charge in [0.25, 0.3) is 0 Å². The Morgan fingerprint density at radius 3 is 2.12 bits per heavy atom. The van der Waals surface area contributed by atoms with Gasteiger partial charge in [-0.2, -0.15) is 0 Å². The molecule has 1 aromatic carbocycles. The molecule has 1 aromatic rings. The highest BCUT2D eigenvalue weighted by atomic mass is 16.6. The lowest BCUT2D eigenvalue weighted by Crippen LogP contribution is -2.47. The Morgan fingerprint density at radius 1 is 1.04 bits per heavy atom. The van der Waals surface area contributed by atoms with E-state index >= 15 is 0 Å². The van der Waals surface area contributed by atoms with Crippen LogP contribution in [-0.2, 0) is 14.3 Å². The Hall–Kier alpha value is -2.28. The maximum Gasteiger partial charge on any atom is 0.329 e. The van der Waals surface area contributed by atoms with Crippen molar-refractivity contribution in [1.82, 2.24) is 4.90 Å². The Kier molecular flexibility index (Phi) is 7.26. The summed E-state index contributed by atoms with van der Waals surface area (Å²) in [4.78, 5) is 26.7. The lowest BCUT2D eigenvalue weighted by Gasteiger charge is -2.32. The van der Waals surface area contributed by atoms with Crippen LogP contribution in [0.25, 0.3) is 0 Å². The number of ether oxygens (including phenoxy) is 4. The topological polar surface area (TPSA) is 74.3 Å². The summed E-state index contributed by atoms with van der Waals surface area (Å²) < 4.78 is 21.1. The van der Waals surface area contributed by atoms with Crippen LogP contribution in [0.15, 0.2) is 12.1 Å². The highest BCUT2D eigenvalue weighted by molar-refractivity contribution is 5.85. The minimum Gasteiger partial charge on any atom is -0.493 e. The van der Waals surface area contributed by atoms with Gasteiger partial charge in [0.1, 0.15) is 6.04 Å². The second-order valence-corrected chi connectivity index (χ2v) is 6.31. The third-order valence-corrected chi connectivity index (χ3v) is 4.50. The number of likely N-dealkylation sites (tertiary alicyclic amines) is 1. The Bertz CT molecular complexity index is 614. The van der Waals surface area contributed by atoms with Gasteiger partial charge in [-0.3, -0.25) is 9.69 Å². The zero-order valence-corrected chi connectivity index (χ0v) is 15.9. The van der Waals surface area contributed by atoms with Crippen molar-refractivity contribution >= 4 is 11.9 Å². The molecule has 1 unspecified atom stereocenters. The number of benzene rings is 1. The van der Waals surface area contributed by atoms with Gasteiger partial charge in [0.2, 0.25) is 5.75 Å². The average Bonchev–Trinajstić information content (AvgIpc) is 2.67. The number of piperidine rings is 1. The van der Waals surface area contributed by atoms with Gasteiger partial charge in [0.15, 0.2) is 11.5 Å². The zero-order chi connectivity index (χ0) is 19.1. The summed E-state index contributed by atoms with van der Waals surface area (Å²) in [6.07, 6.45) is 3.05. The number of rotatable bonds is 7. The first kappa shape index (κ1) is 20.0. The van der Waals surface area contributed by atoms with E-state index in [9.17, 15) is 9.59 Å². The molecule has 0 amide bonds. The van der Waals surface area contributed by atoms with E-state index < -0.39 is 18.0 Å². The van der Waals surface area contributed by atoms with Crippen molar-refractivity contribution in [3.05, 3.63) is 17.7 Å². The number of aryl methyl sites for hydroxylation is 1. The van der Waals surface area contributed by atoms with E-state index in [0.717, 1.165) is 37.9 Å². The lowest BCUT2D eigenvalue weighted by atomic mass is 10.1. The van der Waals surface area contributed by atoms with Gasteiger partial charge in [-0.15, -0.1) is 0 Å². The first-order chi connectivity index (χ1) is 12.5. The molecule has 144 valence electrons. The predicted molar refractivity (Wildman–Crippen MR) is 95.8 cm³/mol. The fraction of sp³-hybridized carbons (Fsp3) is 0.579. The van der Waals surface area contributed by atoms with Crippen LogP contribution in [0.3, 0.4) is 0 Å². The molecule has 1 aliphatic heterocycles. The highest BCUT2D eigenvalue weighted by Crippen LogP contribution is 2.39. The zero-order valence-electron chi connectivity index (χ0n) is 15.9. The Balaban J connectivity index is 2.27. The number of hydrogen-bond acceptors (Lipinski definition) is 7. The number of carbonyl (C=O) groups excluding carboxylic acids is 2. The van der Waals surface area contributed by atoms with Crippen LogP contribution in [0.5, 0.6) is 17.2 Å². The second kappa shape index (κ2) is 9.43. The summed E-state index contributed by atoms with van der Waals surface area (Å²) in [7, 11) is 4.32. The molecule has 1 atom stereocenters. The number of esters is 2. The monoisotopic (exact) mass is 365 g/mol. The Morgan fingerprint density at radius 2 is 1.62 bits per heavy atom. The largest absolute Gasteiger partial charge is 0.493 e. The minimum absolute atomic E-state index is 0.0498. The van der Waals surface area contributed by atoms with Crippen molar-refractivity contribution in [3.8, 4) is 17.2 Å². The van der Waals surface area contributed by atoms with Gasteiger partial charge in [-0.1, -0.05) is 6.42 Å². The summed E-state index contributed by atoms with van der Waals surface area (Å²) in [5, 5.41) is 0. The number of nitrogens with zero attached hydrogens (tertiary/aromatic N) is 1. The molecule has 7 nitrogen and oxygen atoms in total. The third kappa shape index (κ3) is 4.88. The molecule has 0 saturated carbocycles. The molecule has 26 heavy (non-hydrogen) atoms. The first-order valence-corrected chi connectivity index (χ1v) is 8.75. The standard InChI is InChI=1S/C19H27NO6/c1-13-10-15(23-2)18(16(11-13)24-3)26-19(22)14(12-17(21)25-4)20-8-6-5-7-9-20/h10-11,14H,5-9,12H2,1-4H3. The van der Waals surface area contributed by atoms with Crippen LogP contribution >= 0.6 is 0 Å². The van der Waals surface area contributed by atoms with Crippen LogP contribution in [0, 0.1) is 6.92 Å². The average molecular weight is 365 g/mol. The Labute approximate surface area is 154 Å². The van der Waals surface area contributed by atoms with Crippen LogP contribution < -0.4 is 14.2 Å². The normalized spacial score (nSPS) is 15.8. The van der Waals surface area contributed by atoms with Crippen molar-refractivity contribution in [1.29, 1.82) is 0 Å². The van der Waals surface area contributed by atoms with Crippen LogP contribution in [0.2, 0.25) is 0 Å². The number of carbonyl (C=O) groups is 2. The molecule has 7 heteroatoms. The number of hydrogen-bond donors (Lipinski definition) is 0. The van der Waals surface area contributed by atoms with Crippen molar-refractivity contribution < 1.29 is 28.5 Å². The van der Waals surface area contributed by atoms with E-state index in [1.54, 1.807) is 12.1 Å². The van der Waals surface area contributed by atoms with E-state index in [2.05, 4.69) is 0 Å². The highest BCUT2D eigenvalue weighted by Gasteiger charge is 2.32. The summed E-state index contributed by atoms with van der Waals surface area (Å²) in [6, 6.07) is 2.83. The third-order valence-electron chi connectivity index (χ3n) is 4.50. The fourth-order valence-electron chi connectivity index (χ4n) is 3.11. The molecule has 1 aliphatic rings. The van der Waals surface area contributed by atoms with E-state index in [4.69, 9.17) is 18.9 Å². The second-order valence-electron chi connectivity index (χ2n) is 6.31. The molecule has 0 spiro atoms. The van der Waals surface area contributed by atoms with Crippen LogP contribution in [0.4, 0.5) is 0 Å². The maximum atomic E-state index is 12.9. The molecule has 0 radical (unpaired) electrons.